The van der Waals surface area contributed by atoms with E-state index >= 15 is 0 Å². The van der Waals surface area contributed by atoms with Crippen LogP contribution < -0.4 is 5.43 Å². The molecule has 0 amide bonds. The molecule has 0 aliphatic heterocycles. The summed E-state index contributed by atoms with van der Waals surface area (Å²) in [7, 11) is 2.49. The third kappa shape index (κ3) is 2.33. The Morgan fingerprint density at radius 2 is 1.74 bits per heavy atom. The second-order valence-electron chi connectivity index (χ2n) is 3.79. The van der Waals surface area contributed by atoms with E-state index < -0.39 is 11.9 Å². The van der Waals surface area contributed by atoms with Gasteiger partial charge in [-0.2, -0.15) is 0 Å². The summed E-state index contributed by atoms with van der Waals surface area (Å²) < 4.78 is 9.12. The lowest BCUT2D eigenvalue weighted by atomic mass is 10.1. The van der Waals surface area contributed by atoms with Gasteiger partial charge in [-0.25, -0.2) is 9.59 Å². The maximum absolute atomic E-state index is 11.9. The number of methoxy groups -OCH3 is 2. The molecule has 0 bridgehead atoms. The van der Waals surface area contributed by atoms with Gasteiger partial charge in [0, 0.05) is 17.0 Å². The molecule has 0 aliphatic carbocycles. The SMILES string of the molecule is COC(=O)c1ccc2[nH]c(C(=O)OC)cc(=O)c2c1. The van der Waals surface area contributed by atoms with Gasteiger partial charge in [-0.1, -0.05) is 0 Å². The Morgan fingerprint density at radius 1 is 1.05 bits per heavy atom. The zero-order valence-corrected chi connectivity index (χ0v) is 10.4. The summed E-state index contributed by atoms with van der Waals surface area (Å²) in [5, 5.41) is 0.301. The summed E-state index contributed by atoms with van der Waals surface area (Å²) in [6.07, 6.45) is 0. The van der Waals surface area contributed by atoms with E-state index in [0.717, 1.165) is 6.07 Å². The molecule has 0 saturated heterocycles. The molecule has 98 valence electrons. The molecule has 1 aromatic carbocycles. The van der Waals surface area contributed by atoms with Crippen molar-refractivity contribution in [3.8, 4) is 0 Å². The summed E-state index contributed by atoms with van der Waals surface area (Å²) >= 11 is 0. The first kappa shape index (κ1) is 12.8. The molecule has 6 nitrogen and oxygen atoms in total. The first-order chi connectivity index (χ1) is 9.06. The average Bonchev–Trinajstić information content (AvgIpc) is 2.45. The summed E-state index contributed by atoms with van der Waals surface area (Å²) in [5.41, 5.74) is 0.401. The van der Waals surface area contributed by atoms with Gasteiger partial charge >= 0.3 is 11.9 Å². The van der Waals surface area contributed by atoms with Crippen molar-refractivity contribution in [3.63, 3.8) is 0 Å². The number of carbonyl (C=O) groups excluding carboxylic acids is 2. The third-order valence-corrected chi connectivity index (χ3v) is 2.66. The zero-order valence-electron chi connectivity index (χ0n) is 10.4. The number of carbonyl (C=O) groups is 2. The van der Waals surface area contributed by atoms with Crippen LogP contribution in [0.4, 0.5) is 0 Å². The largest absolute Gasteiger partial charge is 0.465 e. The zero-order chi connectivity index (χ0) is 14.0. The number of benzene rings is 1. The van der Waals surface area contributed by atoms with Crippen molar-refractivity contribution >= 4 is 22.8 Å². The first-order valence-corrected chi connectivity index (χ1v) is 5.40. The minimum atomic E-state index is -0.629. The Labute approximate surface area is 108 Å². The van der Waals surface area contributed by atoms with E-state index in [4.69, 9.17) is 0 Å². The van der Waals surface area contributed by atoms with Gasteiger partial charge < -0.3 is 14.5 Å². The molecular formula is C13H11NO5. The van der Waals surface area contributed by atoms with E-state index in [0.29, 0.717) is 10.9 Å². The number of fused-ring (bicyclic) bond motifs is 1. The van der Waals surface area contributed by atoms with Gasteiger partial charge in [0.15, 0.2) is 5.43 Å². The van der Waals surface area contributed by atoms with Gasteiger partial charge in [0.1, 0.15) is 5.69 Å². The van der Waals surface area contributed by atoms with Crippen molar-refractivity contribution in [1.29, 1.82) is 0 Å². The molecule has 0 fully saturated rings. The number of hydrogen-bond acceptors (Lipinski definition) is 5. The molecule has 0 spiro atoms. The number of aromatic amines is 1. The Kier molecular flexibility index (Phi) is 3.33. The fourth-order valence-corrected chi connectivity index (χ4v) is 1.71. The van der Waals surface area contributed by atoms with Crippen LogP contribution in [0.15, 0.2) is 29.1 Å². The van der Waals surface area contributed by atoms with E-state index in [1.54, 1.807) is 0 Å². The van der Waals surface area contributed by atoms with Crippen LogP contribution in [0, 0.1) is 0 Å². The summed E-state index contributed by atoms with van der Waals surface area (Å²) in [6, 6.07) is 5.59. The van der Waals surface area contributed by atoms with Gasteiger partial charge in [-0.3, -0.25) is 4.79 Å². The number of hydrogen-bond donors (Lipinski definition) is 1. The van der Waals surface area contributed by atoms with Crippen LogP contribution in [0.3, 0.4) is 0 Å². The van der Waals surface area contributed by atoms with Gasteiger partial charge in [-0.05, 0) is 18.2 Å². The Balaban J connectivity index is 2.63. The van der Waals surface area contributed by atoms with E-state index in [2.05, 4.69) is 14.5 Å². The number of ether oxygens (including phenoxy) is 2. The lowest BCUT2D eigenvalue weighted by Crippen LogP contribution is -2.12. The number of aromatic nitrogens is 1. The molecule has 2 aromatic rings. The molecule has 0 radical (unpaired) electrons. The number of nitrogens with one attached hydrogen (secondary N) is 1. The van der Waals surface area contributed by atoms with Crippen LogP contribution in [0.1, 0.15) is 20.8 Å². The van der Waals surface area contributed by atoms with Crippen LogP contribution in [0.2, 0.25) is 0 Å². The molecule has 0 saturated carbocycles. The third-order valence-electron chi connectivity index (χ3n) is 2.66. The molecule has 6 heteroatoms. The lowest BCUT2D eigenvalue weighted by molar-refractivity contribution is 0.0587. The quantitative estimate of drug-likeness (QED) is 0.818. The predicted octanol–water partition coefficient (Wildman–Crippen LogP) is 1.10. The second kappa shape index (κ2) is 4.93. The molecule has 0 aliphatic rings. The van der Waals surface area contributed by atoms with Crippen molar-refractivity contribution in [2.24, 2.45) is 0 Å². The standard InChI is InChI=1S/C13H11NO5/c1-18-12(16)7-3-4-9-8(5-7)11(15)6-10(14-9)13(17)19-2/h3-6H,1-2H3,(H,14,15). The summed E-state index contributed by atoms with van der Waals surface area (Å²) in [4.78, 5) is 37.4. The molecule has 1 N–H and O–H groups in total. The van der Waals surface area contributed by atoms with Crippen LogP contribution >= 0.6 is 0 Å². The van der Waals surface area contributed by atoms with Crippen molar-refractivity contribution in [2.75, 3.05) is 14.2 Å². The van der Waals surface area contributed by atoms with E-state index in [1.165, 1.54) is 32.4 Å². The van der Waals surface area contributed by atoms with Crippen LogP contribution in [0.25, 0.3) is 10.9 Å². The average molecular weight is 261 g/mol. The van der Waals surface area contributed by atoms with Gasteiger partial charge in [-0.15, -0.1) is 0 Å². The predicted molar refractivity (Wildman–Crippen MR) is 67.2 cm³/mol. The number of esters is 2. The van der Waals surface area contributed by atoms with Crippen molar-refractivity contribution in [2.45, 2.75) is 0 Å². The number of pyridine rings is 1. The normalized spacial score (nSPS) is 10.2. The van der Waals surface area contributed by atoms with Crippen molar-refractivity contribution < 1.29 is 19.1 Å². The molecule has 0 atom stereocenters. The minimum absolute atomic E-state index is 0.0609. The van der Waals surface area contributed by atoms with Crippen LogP contribution in [-0.2, 0) is 9.47 Å². The maximum atomic E-state index is 11.9. The van der Waals surface area contributed by atoms with Crippen molar-refractivity contribution in [3.05, 3.63) is 45.7 Å². The molecule has 2 rings (SSSR count). The van der Waals surface area contributed by atoms with E-state index in [-0.39, 0.29) is 16.7 Å². The summed E-state index contributed by atoms with van der Waals surface area (Å²) in [5.74, 6) is -1.16. The molecule has 19 heavy (non-hydrogen) atoms. The highest BCUT2D eigenvalue weighted by molar-refractivity contribution is 5.96. The second-order valence-corrected chi connectivity index (χ2v) is 3.79. The minimum Gasteiger partial charge on any atom is -0.465 e. The molecule has 1 aromatic heterocycles. The number of H-pyrrole nitrogens is 1. The van der Waals surface area contributed by atoms with Crippen LogP contribution in [0.5, 0.6) is 0 Å². The topological polar surface area (TPSA) is 85.5 Å². The van der Waals surface area contributed by atoms with Gasteiger partial charge in [0.05, 0.1) is 19.8 Å². The molecule has 1 heterocycles. The summed E-state index contributed by atoms with van der Waals surface area (Å²) in [6.45, 7) is 0. The fraction of sp³-hybridized carbons (Fsp3) is 0.154. The smallest absolute Gasteiger partial charge is 0.354 e. The highest BCUT2D eigenvalue weighted by atomic mass is 16.5. The van der Waals surface area contributed by atoms with Gasteiger partial charge in [0.2, 0.25) is 0 Å². The highest BCUT2D eigenvalue weighted by Gasteiger charge is 2.12. The van der Waals surface area contributed by atoms with Crippen LogP contribution in [-0.4, -0.2) is 31.1 Å². The van der Waals surface area contributed by atoms with E-state index in [1.807, 2.05) is 0 Å². The Morgan fingerprint density at radius 3 is 2.37 bits per heavy atom. The first-order valence-electron chi connectivity index (χ1n) is 5.40. The molecular weight excluding hydrogens is 250 g/mol. The number of rotatable bonds is 2. The molecule has 0 unspecified atom stereocenters. The van der Waals surface area contributed by atoms with E-state index in [9.17, 15) is 14.4 Å². The Bertz CT molecular complexity index is 717. The monoisotopic (exact) mass is 261 g/mol. The van der Waals surface area contributed by atoms with Crippen molar-refractivity contribution in [1.82, 2.24) is 4.98 Å². The highest BCUT2D eigenvalue weighted by Crippen LogP contribution is 2.12. The van der Waals surface area contributed by atoms with Gasteiger partial charge in [0.25, 0.3) is 0 Å². The fourth-order valence-electron chi connectivity index (χ4n) is 1.71. The maximum Gasteiger partial charge on any atom is 0.354 e. The Hall–Kier alpha value is -2.63. The lowest BCUT2D eigenvalue weighted by Gasteiger charge is -2.04.